The summed E-state index contributed by atoms with van der Waals surface area (Å²) in [6.45, 7) is 6.32. The zero-order chi connectivity index (χ0) is 23.8. The molecule has 1 saturated carbocycles. The minimum absolute atomic E-state index is 0.0920. The van der Waals surface area contributed by atoms with Crippen molar-refractivity contribution in [3.05, 3.63) is 23.8 Å². The molecular formula is C26H34N2O6. The molecule has 5 aliphatic rings. The Morgan fingerprint density at radius 2 is 2.15 bits per heavy atom. The maximum atomic E-state index is 11.8. The first-order valence-corrected chi connectivity index (χ1v) is 12.3. The maximum Gasteiger partial charge on any atom is 0.302 e. The van der Waals surface area contributed by atoms with Gasteiger partial charge >= 0.3 is 5.97 Å². The van der Waals surface area contributed by atoms with Crippen molar-refractivity contribution < 1.29 is 28.8 Å². The number of aliphatic hydroxyl groups is 1. The Kier molecular flexibility index (Phi) is 4.88. The summed E-state index contributed by atoms with van der Waals surface area (Å²) in [6, 6.07) is 2.58. The third-order valence-corrected chi connectivity index (χ3v) is 9.08. The molecule has 34 heavy (non-hydrogen) atoms. The number of fused-ring (bicyclic) bond motifs is 1. The Labute approximate surface area is 200 Å². The first-order valence-electron chi connectivity index (χ1n) is 12.3. The van der Waals surface area contributed by atoms with Gasteiger partial charge in [0.2, 0.25) is 5.75 Å². The zero-order valence-corrected chi connectivity index (χ0v) is 20.4. The average molecular weight is 471 g/mol. The van der Waals surface area contributed by atoms with Crippen LogP contribution in [-0.2, 0) is 14.9 Å². The SMILES string of the molecule is COc1cc2c3c(c1OC)OCC(C)N3C1CC(O)C3(CCOC(C)=O)C=CCN4CCC21C43. The fourth-order valence-electron chi connectivity index (χ4n) is 7.96. The van der Waals surface area contributed by atoms with Crippen molar-refractivity contribution in [1.29, 1.82) is 0 Å². The van der Waals surface area contributed by atoms with Crippen molar-refractivity contribution in [2.75, 3.05) is 45.4 Å². The van der Waals surface area contributed by atoms with Crippen molar-refractivity contribution >= 4 is 11.7 Å². The van der Waals surface area contributed by atoms with Crippen LogP contribution in [-0.4, -0.2) is 80.7 Å². The standard InChI is InChI=1S/C26H34N2O6/c1-15-14-34-23-21-17(12-18(31-3)22(23)32-4)26-7-10-27-9-5-6-25(24(26)27,8-11-33-16(2)29)20(30)13-19(26)28(15)21/h5-6,12,15,19-20,24,30H,7-11,13-14H2,1-4H3. The molecule has 1 aliphatic carbocycles. The molecule has 1 aromatic carbocycles. The number of anilines is 1. The van der Waals surface area contributed by atoms with Gasteiger partial charge in [-0.2, -0.15) is 0 Å². The average Bonchev–Trinajstić information content (AvgIpc) is 3.35. The van der Waals surface area contributed by atoms with Gasteiger partial charge in [-0.1, -0.05) is 12.2 Å². The smallest absolute Gasteiger partial charge is 0.302 e. The summed E-state index contributed by atoms with van der Waals surface area (Å²) in [5.41, 5.74) is 1.66. The fraction of sp³-hybridized carbons (Fsp3) is 0.654. The molecule has 0 amide bonds. The predicted octanol–water partition coefficient (Wildman–Crippen LogP) is 2.26. The van der Waals surface area contributed by atoms with Crippen LogP contribution >= 0.6 is 0 Å². The second-order valence-corrected chi connectivity index (χ2v) is 10.5. The molecule has 1 saturated heterocycles. The zero-order valence-electron chi connectivity index (χ0n) is 20.4. The van der Waals surface area contributed by atoms with Gasteiger partial charge in [-0.05, 0) is 44.4 Å². The fourth-order valence-corrected chi connectivity index (χ4v) is 7.96. The van der Waals surface area contributed by atoms with Crippen LogP contribution < -0.4 is 19.1 Å². The first-order chi connectivity index (χ1) is 16.4. The van der Waals surface area contributed by atoms with Gasteiger partial charge in [-0.25, -0.2) is 0 Å². The van der Waals surface area contributed by atoms with Crippen LogP contribution in [0.5, 0.6) is 17.2 Å². The number of hydrogen-bond donors (Lipinski definition) is 1. The Morgan fingerprint density at radius 3 is 2.88 bits per heavy atom. The molecule has 8 nitrogen and oxygen atoms in total. The lowest BCUT2D eigenvalue weighted by molar-refractivity contribution is -0.144. The van der Waals surface area contributed by atoms with E-state index in [4.69, 9.17) is 18.9 Å². The molecule has 4 aliphatic heterocycles. The van der Waals surface area contributed by atoms with Crippen molar-refractivity contribution in [2.45, 2.75) is 62.8 Å². The number of aliphatic hydroxyl groups excluding tert-OH is 1. The number of rotatable bonds is 5. The van der Waals surface area contributed by atoms with Gasteiger partial charge in [0.05, 0.1) is 38.7 Å². The van der Waals surface area contributed by atoms with Crippen LogP contribution in [0.3, 0.4) is 0 Å². The number of hydrogen-bond acceptors (Lipinski definition) is 8. The van der Waals surface area contributed by atoms with E-state index in [1.165, 1.54) is 12.5 Å². The van der Waals surface area contributed by atoms with E-state index < -0.39 is 11.5 Å². The molecule has 0 radical (unpaired) electrons. The summed E-state index contributed by atoms with van der Waals surface area (Å²) >= 11 is 0. The van der Waals surface area contributed by atoms with Crippen molar-refractivity contribution in [3.63, 3.8) is 0 Å². The van der Waals surface area contributed by atoms with E-state index >= 15 is 0 Å². The van der Waals surface area contributed by atoms with Gasteiger partial charge in [0.25, 0.3) is 0 Å². The van der Waals surface area contributed by atoms with Crippen molar-refractivity contribution in [3.8, 4) is 17.2 Å². The highest BCUT2D eigenvalue weighted by molar-refractivity contribution is 5.81. The molecule has 6 unspecified atom stereocenters. The van der Waals surface area contributed by atoms with Gasteiger partial charge in [0.1, 0.15) is 6.61 Å². The van der Waals surface area contributed by atoms with E-state index in [2.05, 4.69) is 34.9 Å². The first kappa shape index (κ1) is 22.0. The van der Waals surface area contributed by atoms with E-state index in [1.807, 2.05) is 0 Å². The molecule has 1 N–H and O–H groups in total. The molecule has 0 bridgehead atoms. The van der Waals surface area contributed by atoms with E-state index in [0.29, 0.717) is 37.6 Å². The lowest BCUT2D eigenvalue weighted by atomic mass is 9.52. The number of ether oxygens (including phenoxy) is 4. The van der Waals surface area contributed by atoms with Gasteiger partial charge in [-0.15, -0.1) is 0 Å². The number of nitrogens with zero attached hydrogens (tertiary/aromatic N) is 2. The number of benzene rings is 1. The van der Waals surface area contributed by atoms with Crippen LogP contribution in [0.1, 0.15) is 38.7 Å². The van der Waals surface area contributed by atoms with Crippen LogP contribution in [0, 0.1) is 5.41 Å². The van der Waals surface area contributed by atoms with Gasteiger partial charge in [0, 0.05) is 36.4 Å². The highest BCUT2D eigenvalue weighted by Crippen LogP contribution is 2.68. The molecule has 2 fully saturated rings. The minimum atomic E-state index is -0.542. The largest absolute Gasteiger partial charge is 0.493 e. The molecule has 4 heterocycles. The third-order valence-electron chi connectivity index (χ3n) is 9.08. The molecule has 184 valence electrons. The van der Waals surface area contributed by atoms with Crippen LogP contribution in [0.15, 0.2) is 18.2 Å². The second-order valence-electron chi connectivity index (χ2n) is 10.5. The molecular weight excluding hydrogens is 436 g/mol. The Balaban J connectivity index is 1.56. The van der Waals surface area contributed by atoms with E-state index in [-0.39, 0.29) is 29.5 Å². The van der Waals surface area contributed by atoms with Crippen molar-refractivity contribution in [1.82, 2.24) is 4.90 Å². The normalized spacial score (nSPS) is 36.9. The number of carbonyl (C=O) groups excluding carboxylic acids is 1. The summed E-state index contributed by atoms with van der Waals surface area (Å²) in [5.74, 6) is 1.78. The lowest BCUT2D eigenvalue weighted by Gasteiger charge is -2.59. The maximum absolute atomic E-state index is 11.8. The lowest BCUT2D eigenvalue weighted by Crippen LogP contribution is -2.69. The van der Waals surface area contributed by atoms with E-state index in [1.54, 1.807) is 14.2 Å². The van der Waals surface area contributed by atoms with E-state index in [0.717, 1.165) is 30.9 Å². The summed E-state index contributed by atoms with van der Waals surface area (Å²) in [6.07, 6.45) is 6.11. The molecule has 1 spiro atoms. The summed E-state index contributed by atoms with van der Waals surface area (Å²) in [4.78, 5) is 16.6. The minimum Gasteiger partial charge on any atom is -0.493 e. The van der Waals surface area contributed by atoms with Crippen LogP contribution in [0.2, 0.25) is 0 Å². The van der Waals surface area contributed by atoms with Gasteiger partial charge in [-0.3, -0.25) is 9.69 Å². The topological polar surface area (TPSA) is 80.7 Å². The molecule has 0 aromatic heterocycles. The molecule has 1 aromatic rings. The molecule has 6 atom stereocenters. The summed E-state index contributed by atoms with van der Waals surface area (Å²) in [5, 5.41) is 11.8. The summed E-state index contributed by atoms with van der Waals surface area (Å²) < 4.78 is 23.2. The van der Waals surface area contributed by atoms with E-state index in [9.17, 15) is 9.90 Å². The number of esters is 1. The Bertz CT molecular complexity index is 1060. The summed E-state index contributed by atoms with van der Waals surface area (Å²) in [7, 11) is 3.32. The van der Waals surface area contributed by atoms with Crippen molar-refractivity contribution in [2.24, 2.45) is 5.41 Å². The number of methoxy groups -OCH3 is 2. The highest BCUT2D eigenvalue weighted by atomic mass is 16.5. The molecule has 6 rings (SSSR count). The highest BCUT2D eigenvalue weighted by Gasteiger charge is 2.71. The molecule has 8 heteroatoms. The van der Waals surface area contributed by atoms with Crippen LogP contribution in [0.4, 0.5) is 5.69 Å². The van der Waals surface area contributed by atoms with Crippen LogP contribution in [0.25, 0.3) is 0 Å². The predicted molar refractivity (Wildman–Crippen MR) is 126 cm³/mol. The Morgan fingerprint density at radius 1 is 1.32 bits per heavy atom. The second kappa shape index (κ2) is 7.52. The van der Waals surface area contributed by atoms with Gasteiger partial charge in [0.15, 0.2) is 11.5 Å². The Hall–Kier alpha value is -2.45. The number of carbonyl (C=O) groups is 1. The monoisotopic (exact) mass is 470 g/mol. The quantitative estimate of drug-likeness (QED) is 0.519. The van der Waals surface area contributed by atoms with Gasteiger partial charge < -0.3 is 29.0 Å². The third kappa shape index (κ3) is 2.58.